The second kappa shape index (κ2) is 8.86. The van der Waals surface area contributed by atoms with E-state index in [2.05, 4.69) is 10.4 Å². The van der Waals surface area contributed by atoms with Crippen molar-refractivity contribution in [3.8, 4) is 17.0 Å². The number of hydrogen-bond acceptors (Lipinski definition) is 4. The van der Waals surface area contributed by atoms with Crippen LogP contribution in [0.3, 0.4) is 0 Å². The first-order chi connectivity index (χ1) is 15.5. The van der Waals surface area contributed by atoms with E-state index in [9.17, 15) is 9.59 Å². The molecule has 0 bridgehead atoms. The summed E-state index contributed by atoms with van der Waals surface area (Å²) in [5.41, 5.74) is 1.99. The number of rotatable bonds is 7. The molecular formula is C25H28N4O3. The van der Waals surface area contributed by atoms with E-state index in [1.807, 2.05) is 74.5 Å². The van der Waals surface area contributed by atoms with Gasteiger partial charge < -0.3 is 15.0 Å². The quantitative estimate of drug-likeness (QED) is 0.620. The predicted octanol–water partition coefficient (Wildman–Crippen LogP) is 3.50. The number of nitrogens with one attached hydrogen (secondary N) is 1. The van der Waals surface area contributed by atoms with Gasteiger partial charge in [-0.3, -0.25) is 14.3 Å². The van der Waals surface area contributed by atoms with E-state index in [-0.39, 0.29) is 11.8 Å². The molecule has 0 spiro atoms. The van der Waals surface area contributed by atoms with Gasteiger partial charge in [-0.05, 0) is 25.5 Å². The Kier molecular flexibility index (Phi) is 5.99. The summed E-state index contributed by atoms with van der Waals surface area (Å²) in [6.45, 7) is 4.91. The second-order valence-electron chi connectivity index (χ2n) is 8.16. The van der Waals surface area contributed by atoms with Crippen molar-refractivity contribution in [2.75, 3.05) is 13.7 Å². The third-order valence-electron chi connectivity index (χ3n) is 5.94. The monoisotopic (exact) mass is 432 g/mol. The topological polar surface area (TPSA) is 76.5 Å². The van der Waals surface area contributed by atoms with Crippen LogP contribution in [0.15, 0.2) is 60.7 Å². The maximum Gasteiger partial charge on any atom is 0.273 e. The zero-order valence-corrected chi connectivity index (χ0v) is 18.7. The van der Waals surface area contributed by atoms with E-state index in [1.165, 1.54) is 0 Å². The molecule has 1 aromatic heterocycles. The van der Waals surface area contributed by atoms with Crippen molar-refractivity contribution in [1.82, 2.24) is 20.0 Å². The van der Waals surface area contributed by atoms with Crippen LogP contribution in [0.25, 0.3) is 11.3 Å². The lowest BCUT2D eigenvalue weighted by Crippen LogP contribution is -2.64. The lowest BCUT2D eigenvalue weighted by atomic mass is 9.94. The summed E-state index contributed by atoms with van der Waals surface area (Å²) in [7, 11) is 1.61. The molecule has 2 aromatic carbocycles. The zero-order chi connectivity index (χ0) is 22.7. The molecule has 32 heavy (non-hydrogen) atoms. The molecule has 7 nitrogen and oxygen atoms in total. The van der Waals surface area contributed by atoms with Crippen LogP contribution in [0.1, 0.15) is 36.3 Å². The van der Waals surface area contributed by atoms with Crippen molar-refractivity contribution in [2.45, 2.75) is 38.9 Å². The summed E-state index contributed by atoms with van der Waals surface area (Å²) in [5.74, 6) is 0.320. The van der Waals surface area contributed by atoms with Gasteiger partial charge in [-0.1, -0.05) is 55.5 Å². The summed E-state index contributed by atoms with van der Waals surface area (Å²) in [6, 6.07) is 19.1. The first-order valence-corrected chi connectivity index (χ1v) is 10.8. The molecular weight excluding hydrogens is 404 g/mol. The largest absolute Gasteiger partial charge is 0.496 e. The van der Waals surface area contributed by atoms with Crippen LogP contribution in [0.2, 0.25) is 0 Å². The van der Waals surface area contributed by atoms with E-state index in [1.54, 1.807) is 16.7 Å². The van der Waals surface area contributed by atoms with E-state index in [0.29, 0.717) is 31.1 Å². The molecule has 0 radical (unpaired) electrons. The number of amides is 2. The minimum Gasteiger partial charge on any atom is -0.496 e. The number of hydrogen-bond donors (Lipinski definition) is 1. The normalized spacial score (nSPS) is 17.7. The number of fused-ring (bicyclic) bond motifs is 1. The molecule has 1 unspecified atom stereocenters. The fourth-order valence-corrected chi connectivity index (χ4v) is 4.18. The molecule has 0 aliphatic carbocycles. The van der Waals surface area contributed by atoms with E-state index < -0.39 is 5.54 Å². The molecule has 2 amide bonds. The van der Waals surface area contributed by atoms with E-state index >= 15 is 0 Å². The molecule has 1 atom stereocenters. The third-order valence-corrected chi connectivity index (χ3v) is 5.94. The molecule has 3 aromatic rings. The molecule has 1 aliphatic heterocycles. The van der Waals surface area contributed by atoms with Crippen LogP contribution in [0.5, 0.6) is 5.75 Å². The van der Waals surface area contributed by atoms with Crippen molar-refractivity contribution in [1.29, 1.82) is 0 Å². The standard InChI is InChI=1S/C25H28N4O3/c1-4-14-28-23(30)21-15-20(18-10-6-5-7-11-18)27-29(21)17-25(28,2)24(31)26-16-19-12-8-9-13-22(19)32-3/h5-13,15H,4,14,16-17H2,1-3H3,(H,26,31). The number of ether oxygens (including phenoxy) is 1. The van der Waals surface area contributed by atoms with Gasteiger partial charge in [-0.15, -0.1) is 0 Å². The Morgan fingerprint density at radius 3 is 2.59 bits per heavy atom. The first-order valence-electron chi connectivity index (χ1n) is 10.8. The number of para-hydroxylation sites is 1. The fraction of sp³-hybridized carbons (Fsp3) is 0.320. The summed E-state index contributed by atoms with van der Waals surface area (Å²) < 4.78 is 7.05. The Balaban J connectivity index is 1.63. The molecule has 2 heterocycles. The van der Waals surface area contributed by atoms with Crippen molar-refractivity contribution < 1.29 is 14.3 Å². The Hall–Kier alpha value is -3.61. The van der Waals surface area contributed by atoms with Gasteiger partial charge in [-0.25, -0.2) is 0 Å². The molecule has 7 heteroatoms. The highest BCUT2D eigenvalue weighted by Gasteiger charge is 2.47. The fourth-order valence-electron chi connectivity index (χ4n) is 4.18. The van der Waals surface area contributed by atoms with Gasteiger partial charge in [-0.2, -0.15) is 5.10 Å². The Labute approximate surface area is 188 Å². The maximum atomic E-state index is 13.4. The maximum absolute atomic E-state index is 13.4. The number of carbonyl (C=O) groups excluding carboxylic acids is 2. The smallest absolute Gasteiger partial charge is 0.273 e. The summed E-state index contributed by atoms with van der Waals surface area (Å²) in [5, 5.41) is 7.67. The summed E-state index contributed by atoms with van der Waals surface area (Å²) in [6.07, 6.45) is 0.751. The van der Waals surface area contributed by atoms with E-state index in [0.717, 1.165) is 23.2 Å². The molecule has 0 fully saturated rings. The minimum atomic E-state index is -1.05. The average molecular weight is 433 g/mol. The van der Waals surface area contributed by atoms with Crippen molar-refractivity contribution in [3.63, 3.8) is 0 Å². The number of carbonyl (C=O) groups is 2. The minimum absolute atomic E-state index is 0.178. The predicted molar refractivity (Wildman–Crippen MR) is 122 cm³/mol. The lowest BCUT2D eigenvalue weighted by Gasteiger charge is -2.43. The molecule has 166 valence electrons. The highest BCUT2D eigenvalue weighted by molar-refractivity contribution is 6.00. The molecule has 4 rings (SSSR count). The SMILES string of the molecule is CCCN1C(=O)c2cc(-c3ccccc3)nn2CC1(C)C(=O)NCc1ccccc1OC. The van der Waals surface area contributed by atoms with Crippen LogP contribution in [0, 0.1) is 0 Å². The van der Waals surface area contributed by atoms with E-state index in [4.69, 9.17) is 4.74 Å². The molecule has 0 saturated heterocycles. The Bertz CT molecular complexity index is 1130. The van der Waals surface area contributed by atoms with Crippen LogP contribution in [-0.4, -0.2) is 45.7 Å². The van der Waals surface area contributed by atoms with Gasteiger partial charge in [0.25, 0.3) is 5.91 Å². The van der Waals surface area contributed by atoms with Crippen LogP contribution >= 0.6 is 0 Å². The third kappa shape index (κ3) is 3.86. The lowest BCUT2D eigenvalue weighted by molar-refractivity contribution is -0.133. The van der Waals surface area contributed by atoms with Crippen molar-refractivity contribution in [2.24, 2.45) is 0 Å². The highest BCUT2D eigenvalue weighted by atomic mass is 16.5. The van der Waals surface area contributed by atoms with Crippen LogP contribution in [0.4, 0.5) is 0 Å². The van der Waals surface area contributed by atoms with Gasteiger partial charge in [0.05, 0.1) is 19.3 Å². The summed E-state index contributed by atoms with van der Waals surface area (Å²) in [4.78, 5) is 28.5. The number of nitrogens with zero attached hydrogens (tertiary/aromatic N) is 3. The number of methoxy groups -OCH3 is 1. The van der Waals surface area contributed by atoms with Gasteiger partial charge in [0.15, 0.2) is 0 Å². The van der Waals surface area contributed by atoms with Crippen molar-refractivity contribution >= 4 is 11.8 Å². The number of aromatic nitrogens is 2. The Morgan fingerprint density at radius 2 is 1.88 bits per heavy atom. The van der Waals surface area contributed by atoms with Gasteiger partial charge in [0, 0.05) is 24.2 Å². The Morgan fingerprint density at radius 1 is 1.16 bits per heavy atom. The van der Waals surface area contributed by atoms with Crippen LogP contribution in [-0.2, 0) is 17.9 Å². The van der Waals surface area contributed by atoms with Gasteiger partial charge >= 0.3 is 0 Å². The van der Waals surface area contributed by atoms with Gasteiger partial charge in [0.1, 0.15) is 17.0 Å². The number of benzene rings is 2. The second-order valence-corrected chi connectivity index (χ2v) is 8.16. The zero-order valence-electron chi connectivity index (χ0n) is 18.7. The highest BCUT2D eigenvalue weighted by Crippen LogP contribution is 2.30. The molecule has 1 N–H and O–H groups in total. The van der Waals surface area contributed by atoms with Crippen LogP contribution < -0.4 is 10.1 Å². The molecule has 1 aliphatic rings. The summed E-state index contributed by atoms with van der Waals surface area (Å²) >= 11 is 0. The first kappa shape index (κ1) is 21.6. The van der Waals surface area contributed by atoms with Crippen molar-refractivity contribution in [3.05, 3.63) is 71.9 Å². The average Bonchev–Trinajstić information content (AvgIpc) is 3.25. The van der Waals surface area contributed by atoms with Gasteiger partial charge in [0.2, 0.25) is 5.91 Å². The molecule has 0 saturated carbocycles.